The summed E-state index contributed by atoms with van der Waals surface area (Å²) in [4.78, 5) is 2.81. The van der Waals surface area contributed by atoms with Gasteiger partial charge in [0.1, 0.15) is 0 Å². The first kappa shape index (κ1) is 16.5. The Kier molecular flexibility index (Phi) is 5.41. The average molecular weight is 310 g/mol. The Morgan fingerprint density at radius 1 is 1.19 bits per heavy atom. The Morgan fingerprint density at radius 2 is 1.86 bits per heavy atom. The van der Waals surface area contributed by atoms with Crippen molar-refractivity contribution in [3.8, 4) is 0 Å². The lowest BCUT2D eigenvalue weighted by Crippen LogP contribution is -2.34. The monoisotopic (exact) mass is 310 g/mol. The van der Waals surface area contributed by atoms with Gasteiger partial charge in [0.2, 0.25) is 0 Å². The molecule has 1 N–H and O–H groups in total. The normalized spacial score (nSPS) is 22.0. The first-order valence-electron chi connectivity index (χ1n) is 7.62. The van der Waals surface area contributed by atoms with Gasteiger partial charge in [-0.3, -0.25) is 4.90 Å². The van der Waals surface area contributed by atoms with Gasteiger partial charge in [0, 0.05) is 18.3 Å². The average Bonchev–Trinajstić information content (AvgIpc) is 2.74. The summed E-state index contributed by atoms with van der Waals surface area (Å²) in [5.74, 6) is 0. The van der Waals surface area contributed by atoms with Gasteiger partial charge < -0.3 is 5.32 Å². The van der Waals surface area contributed by atoms with Gasteiger partial charge in [-0.25, -0.2) is 8.42 Å². The van der Waals surface area contributed by atoms with Crippen LogP contribution in [0.3, 0.4) is 0 Å². The maximum absolute atomic E-state index is 11.5. The Hall–Kier alpha value is -0.910. The molecule has 1 saturated heterocycles. The van der Waals surface area contributed by atoms with Crippen LogP contribution in [-0.2, 0) is 9.84 Å². The number of sulfone groups is 1. The number of nitrogens with one attached hydrogen (secondary N) is 1. The number of hydrogen-bond acceptors (Lipinski definition) is 4. The van der Waals surface area contributed by atoms with E-state index in [0.29, 0.717) is 17.0 Å². The van der Waals surface area contributed by atoms with E-state index in [1.165, 1.54) is 31.1 Å². The van der Waals surface area contributed by atoms with Crippen molar-refractivity contribution in [2.24, 2.45) is 0 Å². The fourth-order valence-electron chi connectivity index (χ4n) is 2.95. The van der Waals surface area contributed by atoms with Gasteiger partial charge in [-0.2, -0.15) is 0 Å². The topological polar surface area (TPSA) is 49.4 Å². The molecule has 0 aromatic heterocycles. The molecule has 1 aliphatic rings. The summed E-state index contributed by atoms with van der Waals surface area (Å²) in [7, 11) is -0.941. The smallest absolute Gasteiger partial charge is 0.175 e. The highest BCUT2D eigenvalue weighted by molar-refractivity contribution is 7.90. The minimum Gasteiger partial charge on any atom is -0.317 e. The van der Waals surface area contributed by atoms with Crippen LogP contribution in [0, 0.1) is 0 Å². The van der Waals surface area contributed by atoms with Crippen molar-refractivity contribution in [3.05, 3.63) is 29.8 Å². The van der Waals surface area contributed by atoms with Crippen molar-refractivity contribution in [1.82, 2.24) is 10.2 Å². The summed E-state index contributed by atoms with van der Waals surface area (Å²) < 4.78 is 23.0. The lowest BCUT2D eigenvalue weighted by molar-refractivity contribution is 0.171. The van der Waals surface area contributed by atoms with E-state index in [2.05, 4.69) is 24.2 Å². The van der Waals surface area contributed by atoms with Crippen LogP contribution < -0.4 is 5.32 Å². The van der Waals surface area contributed by atoms with Crippen LogP contribution in [0.2, 0.25) is 0 Å². The highest BCUT2D eigenvalue weighted by Crippen LogP contribution is 2.25. The standard InChI is InChI=1S/C16H26N2O2S/c1-13(18(2)15-5-4-11-17-12-10-15)14-6-8-16(9-7-14)21(3,19)20/h6-9,13,15,17H,4-5,10-12H2,1-3H3. The molecule has 118 valence electrons. The van der Waals surface area contributed by atoms with Crippen LogP contribution in [0.1, 0.15) is 37.8 Å². The molecule has 0 amide bonds. The lowest BCUT2D eigenvalue weighted by atomic mass is 10.0. The minimum atomic E-state index is -3.11. The highest BCUT2D eigenvalue weighted by Gasteiger charge is 2.22. The van der Waals surface area contributed by atoms with E-state index in [9.17, 15) is 8.42 Å². The second-order valence-corrected chi connectivity index (χ2v) is 8.03. The summed E-state index contributed by atoms with van der Waals surface area (Å²) in [5, 5.41) is 3.44. The van der Waals surface area contributed by atoms with Gasteiger partial charge in [-0.15, -0.1) is 0 Å². The van der Waals surface area contributed by atoms with Crippen molar-refractivity contribution in [1.29, 1.82) is 0 Å². The number of hydrogen-bond donors (Lipinski definition) is 1. The zero-order valence-corrected chi connectivity index (χ0v) is 14.0. The van der Waals surface area contributed by atoms with Gasteiger partial charge >= 0.3 is 0 Å². The molecule has 1 aliphatic heterocycles. The molecule has 0 aliphatic carbocycles. The summed E-state index contributed by atoms with van der Waals surface area (Å²) in [6, 6.07) is 8.18. The Balaban J connectivity index is 2.09. The van der Waals surface area contributed by atoms with Crippen molar-refractivity contribution in [2.75, 3.05) is 26.4 Å². The second kappa shape index (κ2) is 6.90. The molecule has 0 radical (unpaired) electrons. The second-order valence-electron chi connectivity index (χ2n) is 6.02. The van der Waals surface area contributed by atoms with E-state index in [0.717, 1.165) is 13.1 Å². The van der Waals surface area contributed by atoms with Crippen LogP contribution in [-0.4, -0.2) is 45.8 Å². The van der Waals surface area contributed by atoms with E-state index in [-0.39, 0.29) is 0 Å². The number of benzene rings is 1. The highest BCUT2D eigenvalue weighted by atomic mass is 32.2. The van der Waals surface area contributed by atoms with E-state index in [1.54, 1.807) is 12.1 Å². The fraction of sp³-hybridized carbons (Fsp3) is 0.625. The van der Waals surface area contributed by atoms with Gasteiger partial charge in [0.15, 0.2) is 9.84 Å². The Labute approximate surface area is 128 Å². The third-order valence-electron chi connectivity index (χ3n) is 4.52. The number of nitrogens with zero attached hydrogens (tertiary/aromatic N) is 1. The molecule has 2 rings (SSSR count). The van der Waals surface area contributed by atoms with E-state index in [4.69, 9.17) is 0 Å². The zero-order chi connectivity index (χ0) is 15.5. The molecule has 0 spiro atoms. The van der Waals surface area contributed by atoms with Crippen LogP contribution >= 0.6 is 0 Å². The zero-order valence-electron chi connectivity index (χ0n) is 13.2. The van der Waals surface area contributed by atoms with Gasteiger partial charge in [-0.1, -0.05) is 12.1 Å². The molecule has 1 fully saturated rings. The van der Waals surface area contributed by atoms with Crippen LogP contribution in [0.15, 0.2) is 29.2 Å². The Bertz CT molecular complexity index is 546. The van der Waals surface area contributed by atoms with Crippen molar-refractivity contribution in [3.63, 3.8) is 0 Å². The maximum atomic E-state index is 11.5. The predicted molar refractivity (Wildman–Crippen MR) is 86.2 cm³/mol. The number of rotatable bonds is 4. The summed E-state index contributed by atoms with van der Waals surface area (Å²) in [6.07, 6.45) is 4.85. The quantitative estimate of drug-likeness (QED) is 0.926. The molecular weight excluding hydrogens is 284 g/mol. The van der Waals surface area contributed by atoms with Crippen LogP contribution in [0.25, 0.3) is 0 Å². The van der Waals surface area contributed by atoms with Crippen molar-refractivity contribution >= 4 is 9.84 Å². The van der Waals surface area contributed by atoms with Crippen molar-refractivity contribution < 1.29 is 8.42 Å². The molecular formula is C16H26N2O2S. The fourth-order valence-corrected chi connectivity index (χ4v) is 3.58. The first-order chi connectivity index (χ1) is 9.89. The molecule has 2 atom stereocenters. The molecule has 0 bridgehead atoms. The predicted octanol–water partition coefficient (Wildman–Crippen LogP) is 2.22. The molecule has 0 saturated carbocycles. The van der Waals surface area contributed by atoms with Crippen molar-refractivity contribution in [2.45, 2.75) is 43.2 Å². The molecule has 2 unspecified atom stereocenters. The molecule has 1 aromatic carbocycles. The third kappa shape index (κ3) is 4.28. The first-order valence-corrected chi connectivity index (χ1v) is 9.51. The molecule has 21 heavy (non-hydrogen) atoms. The third-order valence-corrected chi connectivity index (χ3v) is 5.65. The summed E-state index contributed by atoms with van der Waals surface area (Å²) in [6.45, 7) is 4.38. The van der Waals surface area contributed by atoms with E-state index < -0.39 is 9.84 Å². The van der Waals surface area contributed by atoms with Crippen LogP contribution in [0.5, 0.6) is 0 Å². The van der Waals surface area contributed by atoms with E-state index >= 15 is 0 Å². The van der Waals surface area contributed by atoms with Gasteiger partial charge in [0.05, 0.1) is 4.90 Å². The van der Waals surface area contributed by atoms with E-state index in [1.807, 2.05) is 12.1 Å². The minimum absolute atomic E-state index is 0.293. The lowest BCUT2D eigenvalue weighted by Gasteiger charge is -2.33. The maximum Gasteiger partial charge on any atom is 0.175 e. The largest absolute Gasteiger partial charge is 0.317 e. The van der Waals surface area contributed by atoms with Gasteiger partial charge in [-0.05, 0) is 64.0 Å². The molecule has 1 aromatic rings. The molecule has 1 heterocycles. The van der Waals surface area contributed by atoms with Gasteiger partial charge in [0.25, 0.3) is 0 Å². The molecule has 4 nitrogen and oxygen atoms in total. The Morgan fingerprint density at radius 3 is 2.48 bits per heavy atom. The summed E-state index contributed by atoms with van der Waals surface area (Å²) in [5.41, 5.74) is 1.17. The van der Waals surface area contributed by atoms with Crippen LogP contribution in [0.4, 0.5) is 0 Å². The SMILES string of the molecule is CC(c1ccc(S(C)(=O)=O)cc1)N(C)C1CCCNCC1. The molecule has 5 heteroatoms. The summed E-state index contributed by atoms with van der Waals surface area (Å²) >= 11 is 0.